The fourth-order valence-electron chi connectivity index (χ4n) is 3.14. The standard InChI is InChI=1S/C23H18N2O3S/c1-28-19-13-6-5-12-18(19)20-21(29-17-10-3-2-4-11-17)23(27)25(22(20)26)15-16-9-7-8-14-24-16/h2-14H,15H2,1H3. The fourth-order valence-corrected chi connectivity index (χ4v) is 4.17. The van der Waals surface area contributed by atoms with Crippen molar-refractivity contribution in [2.24, 2.45) is 0 Å². The molecule has 0 bridgehead atoms. The molecule has 144 valence electrons. The van der Waals surface area contributed by atoms with Gasteiger partial charge in [-0.2, -0.15) is 0 Å². The molecular formula is C23H18N2O3S. The number of ether oxygens (including phenoxy) is 1. The second kappa shape index (κ2) is 8.32. The van der Waals surface area contributed by atoms with Crippen LogP contribution in [0.4, 0.5) is 0 Å². The van der Waals surface area contributed by atoms with Gasteiger partial charge in [0.1, 0.15) is 5.75 Å². The molecule has 0 fully saturated rings. The highest BCUT2D eigenvalue weighted by molar-refractivity contribution is 8.04. The molecule has 3 aromatic rings. The van der Waals surface area contributed by atoms with Crippen LogP contribution in [0.5, 0.6) is 5.75 Å². The third kappa shape index (κ3) is 3.79. The topological polar surface area (TPSA) is 59.5 Å². The molecule has 0 saturated heterocycles. The van der Waals surface area contributed by atoms with Gasteiger partial charge in [-0.25, -0.2) is 0 Å². The van der Waals surface area contributed by atoms with E-state index in [2.05, 4.69) is 4.98 Å². The van der Waals surface area contributed by atoms with Gasteiger partial charge < -0.3 is 4.74 Å². The second-order valence-corrected chi connectivity index (χ2v) is 7.42. The number of amides is 2. The van der Waals surface area contributed by atoms with E-state index in [1.54, 1.807) is 37.6 Å². The van der Waals surface area contributed by atoms with Crippen LogP contribution in [0, 0.1) is 0 Å². The highest BCUT2D eigenvalue weighted by Crippen LogP contribution is 2.42. The van der Waals surface area contributed by atoms with Gasteiger partial charge in [-0.3, -0.25) is 19.5 Å². The highest BCUT2D eigenvalue weighted by atomic mass is 32.2. The van der Waals surface area contributed by atoms with E-state index in [1.165, 1.54) is 16.7 Å². The summed E-state index contributed by atoms with van der Waals surface area (Å²) in [5.74, 6) is -0.117. The Labute approximate surface area is 173 Å². The maximum Gasteiger partial charge on any atom is 0.268 e. The molecule has 2 heterocycles. The van der Waals surface area contributed by atoms with E-state index < -0.39 is 0 Å². The molecule has 0 spiro atoms. The number of pyridine rings is 1. The normalized spacial score (nSPS) is 13.9. The summed E-state index contributed by atoms with van der Waals surface area (Å²) in [5.41, 5.74) is 1.62. The van der Waals surface area contributed by atoms with Gasteiger partial charge in [-0.05, 0) is 30.3 Å². The molecule has 2 amide bonds. The Kier molecular flexibility index (Phi) is 5.44. The van der Waals surface area contributed by atoms with E-state index in [4.69, 9.17) is 4.74 Å². The summed E-state index contributed by atoms with van der Waals surface area (Å²) >= 11 is 1.29. The van der Waals surface area contributed by atoms with E-state index in [0.29, 0.717) is 27.5 Å². The number of thioether (sulfide) groups is 1. The molecular weight excluding hydrogens is 384 g/mol. The summed E-state index contributed by atoms with van der Waals surface area (Å²) in [6.07, 6.45) is 1.65. The van der Waals surface area contributed by atoms with Crippen molar-refractivity contribution in [2.45, 2.75) is 11.4 Å². The maximum atomic E-state index is 13.3. The van der Waals surface area contributed by atoms with E-state index in [-0.39, 0.29) is 18.4 Å². The molecule has 0 aliphatic carbocycles. The van der Waals surface area contributed by atoms with Gasteiger partial charge in [0.15, 0.2) is 0 Å². The summed E-state index contributed by atoms with van der Waals surface area (Å²) in [7, 11) is 1.55. The lowest BCUT2D eigenvalue weighted by Crippen LogP contribution is -2.31. The Morgan fingerprint density at radius 3 is 2.34 bits per heavy atom. The van der Waals surface area contributed by atoms with Crippen LogP contribution in [0.2, 0.25) is 0 Å². The predicted octanol–water partition coefficient (Wildman–Crippen LogP) is 4.16. The molecule has 5 nitrogen and oxygen atoms in total. The summed E-state index contributed by atoms with van der Waals surface area (Å²) in [6.45, 7) is 0.121. The van der Waals surface area contributed by atoms with E-state index >= 15 is 0 Å². The number of rotatable bonds is 6. The van der Waals surface area contributed by atoms with Gasteiger partial charge in [0.05, 0.1) is 29.8 Å². The summed E-state index contributed by atoms with van der Waals surface area (Å²) in [4.78, 5) is 33.4. The third-order valence-electron chi connectivity index (χ3n) is 4.51. The summed E-state index contributed by atoms with van der Waals surface area (Å²) in [6, 6.07) is 22.2. The molecule has 29 heavy (non-hydrogen) atoms. The molecule has 0 atom stereocenters. The largest absolute Gasteiger partial charge is 0.496 e. The number of imide groups is 1. The Morgan fingerprint density at radius 1 is 0.897 bits per heavy atom. The zero-order chi connectivity index (χ0) is 20.2. The quantitative estimate of drug-likeness (QED) is 0.580. The first-order valence-electron chi connectivity index (χ1n) is 9.05. The molecule has 1 aliphatic rings. The van der Waals surface area contributed by atoms with Crippen molar-refractivity contribution in [1.82, 2.24) is 9.88 Å². The van der Waals surface area contributed by atoms with Crippen LogP contribution in [-0.2, 0) is 16.1 Å². The van der Waals surface area contributed by atoms with Gasteiger partial charge in [0, 0.05) is 16.7 Å². The molecule has 1 aromatic heterocycles. The number of hydrogen-bond acceptors (Lipinski definition) is 5. The minimum absolute atomic E-state index is 0.121. The van der Waals surface area contributed by atoms with Gasteiger partial charge in [0.25, 0.3) is 11.8 Å². The van der Waals surface area contributed by atoms with Gasteiger partial charge >= 0.3 is 0 Å². The third-order valence-corrected chi connectivity index (χ3v) is 5.60. The average molecular weight is 402 g/mol. The number of para-hydroxylation sites is 1. The number of hydrogen-bond donors (Lipinski definition) is 0. The number of carbonyl (C=O) groups is 2. The Hall–Kier alpha value is -3.38. The molecule has 1 aliphatic heterocycles. The van der Waals surface area contributed by atoms with Gasteiger partial charge in [-0.1, -0.05) is 54.2 Å². The van der Waals surface area contributed by atoms with Crippen LogP contribution in [0.25, 0.3) is 5.57 Å². The number of carbonyl (C=O) groups excluding carboxylic acids is 2. The van der Waals surface area contributed by atoms with Crippen molar-refractivity contribution in [1.29, 1.82) is 0 Å². The number of aromatic nitrogens is 1. The minimum Gasteiger partial charge on any atom is -0.496 e. The van der Waals surface area contributed by atoms with Crippen molar-refractivity contribution in [3.8, 4) is 5.75 Å². The van der Waals surface area contributed by atoms with Crippen molar-refractivity contribution in [3.05, 3.63) is 95.2 Å². The van der Waals surface area contributed by atoms with Crippen LogP contribution < -0.4 is 4.74 Å². The van der Waals surface area contributed by atoms with Gasteiger partial charge in [0.2, 0.25) is 0 Å². The van der Waals surface area contributed by atoms with Crippen LogP contribution >= 0.6 is 11.8 Å². The zero-order valence-corrected chi connectivity index (χ0v) is 16.6. The first-order chi connectivity index (χ1) is 14.2. The zero-order valence-electron chi connectivity index (χ0n) is 15.7. The van der Waals surface area contributed by atoms with Crippen molar-refractivity contribution < 1.29 is 14.3 Å². The first-order valence-corrected chi connectivity index (χ1v) is 9.87. The van der Waals surface area contributed by atoms with Crippen LogP contribution in [0.3, 0.4) is 0 Å². The summed E-state index contributed by atoms with van der Waals surface area (Å²) in [5, 5.41) is 0. The van der Waals surface area contributed by atoms with E-state index in [1.807, 2.05) is 48.5 Å². The Morgan fingerprint density at radius 2 is 1.62 bits per heavy atom. The number of methoxy groups -OCH3 is 1. The average Bonchev–Trinajstić information content (AvgIpc) is 2.99. The van der Waals surface area contributed by atoms with E-state index in [0.717, 1.165) is 4.90 Å². The van der Waals surface area contributed by atoms with Crippen LogP contribution in [0.15, 0.2) is 88.8 Å². The first kappa shape index (κ1) is 19.0. The van der Waals surface area contributed by atoms with Crippen molar-refractivity contribution in [2.75, 3.05) is 7.11 Å². The lowest BCUT2D eigenvalue weighted by molar-refractivity contribution is -0.137. The molecule has 0 saturated carbocycles. The molecule has 0 radical (unpaired) electrons. The van der Waals surface area contributed by atoms with Crippen LogP contribution in [-0.4, -0.2) is 28.8 Å². The molecule has 2 aromatic carbocycles. The molecule has 0 unspecified atom stereocenters. The van der Waals surface area contributed by atoms with Crippen LogP contribution in [0.1, 0.15) is 11.3 Å². The van der Waals surface area contributed by atoms with E-state index in [9.17, 15) is 9.59 Å². The monoisotopic (exact) mass is 402 g/mol. The minimum atomic E-state index is -0.344. The van der Waals surface area contributed by atoms with Crippen molar-refractivity contribution >= 4 is 29.1 Å². The fraction of sp³-hybridized carbons (Fsp3) is 0.0870. The number of benzene rings is 2. The van der Waals surface area contributed by atoms with Gasteiger partial charge in [-0.15, -0.1) is 0 Å². The lowest BCUT2D eigenvalue weighted by Gasteiger charge is -2.15. The maximum absolute atomic E-state index is 13.3. The highest BCUT2D eigenvalue weighted by Gasteiger charge is 2.40. The second-order valence-electron chi connectivity index (χ2n) is 6.34. The van der Waals surface area contributed by atoms with Crippen molar-refractivity contribution in [3.63, 3.8) is 0 Å². The molecule has 0 N–H and O–H groups in total. The number of nitrogens with zero attached hydrogens (tertiary/aromatic N) is 2. The smallest absolute Gasteiger partial charge is 0.268 e. The Balaban J connectivity index is 1.78. The molecule has 6 heteroatoms. The predicted molar refractivity (Wildman–Crippen MR) is 112 cm³/mol. The summed E-state index contributed by atoms with van der Waals surface area (Å²) < 4.78 is 5.46. The molecule has 4 rings (SSSR count). The SMILES string of the molecule is COc1ccccc1C1=C(Sc2ccccc2)C(=O)N(Cc2ccccn2)C1=O. The lowest BCUT2D eigenvalue weighted by atomic mass is 10.1. The Bertz CT molecular complexity index is 1080.